The minimum Gasteiger partial charge on any atom is -0.494 e. The van der Waals surface area contributed by atoms with E-state index in [1.54, 1.807) is 6.21 Å². The van der Waals surface area contributed by atoms with Crippen molar-refractivity contribution in [3.05, 3.63) is 59.7 Å². The summed E-state index contributed by atoms with van der Waals surface area (Å²) < 4.78 is 0. The summed E-state index contributed by atoms with van der Waals surface area (Å²) in [5.74, 6) is 0.153. The topological polar surface area (TPSA) is 48.4 Å². The van der Waals surface area contributed by atoms with Gasteiger partial charge in [0.2, 0.25) is 0 Å². The Morgan fingerprint density at radius 1 is 1.11 bits per heavy atom. The van der Waals surface area contributed by atoms with Gasteiger partial charge in [-0.1, -0.05) is 29.8 Å². The van der Waals surface area contributed by atoms with Crippen molar-refractivity contribution in [1.29, 1.82) is 0 Å². The number of aryl methyl sites for hydroxylation is 1. The summed E-state index contributed by atoms with van der Waals surface area (Å²) in [6.45, 7) is 2.03. The zero-order valence-corrected chi connectivity index (χ0v) is 10.6. The zero-order valence-electron chi connectivity index (χ0n) is 10.6. The Morgan fingerprint density at radius 3 is 2.68 bits per heavy atom. The van der Waals surface area contributed by atoms with Crippen LogP contribution in [0.25, 0.3) is 10.9 Å². The van der Waals surface area contributed by atoms with Crippen molar-refractivity contribution in [2.75, 3.05) is 0 Å². The number of aliphatic imine (C=N–C) groups is 1. The van der Waals surface area contributed by atoms with E-state index in [9.17, 15) is 5.11 Å². The van der Waals surface area contributed by atoms with Crippen LogP contribution in [0.1, 0.15) is 11.1 Å². The Bertz CT molecular complexity index is 742. The van der Waals surface area contributed by atoms with Gasteiger partial charge in [-0.25, -0.2) is 0 Å². The van der Waals surface area contributed by atoms with Crippen LogP contribution in [0.5, 0.6) is 5.88 Å². The lowest BCUT2D eigenvalue weighted by atomic mass is 10.1. The number of hydrogen-bond donors (Lipinski definition) is 2. The van der Waals surface area contributed by atoms with E-state index in [-0.39, 0.29) is 5.88 Å². The van der Waals surface area contributed by atoms with Gasteiger partial charge in [0.15, 0.2) is 5.88 Å². The molecule has 0 bridgehead atoms. The lowest BCUT2D eigenvalue weighted by Crippen LogP contribution is -1.79. The van der Waals surface area contributed by atoms with E-state index in [1.165, 1.54) is 0 Å². The molecular formula is C16H14N2O. The van der Waals surface area contributed by atoms with Crippen LogP contribution < -0.4 is 0 Å². The van der Waals surface area contributed by atoms with E-state index in [0.717, 1.165) is 27.7 Å². The van der Waals surface area contributed by atoms with E-state index in [2.05, 4.69) is 9.98 Å². The van der Waals surface area contributed by atoms with Gasteiger partial charge in [0.05, 0.1) is 11.3 Å². The third-order valence-corrected chi connectivity index (χ3v) is 3.07. The summed E-state index contributed by atoms with van der Waals surface area (Å²) in [7, 11) is 0. The van der Waals surface area contributed by atoms with Crippen LogP contribution in [0.2, 0.25) is 0 Å². The fourth-order valence-electron chi connectivity index (χ4n) is 2.10. The van der Waals surface area contributed by atoms with Crippen LogP contribution in [-0.2, 0) is 0 Å². The molecule has 0 fully saturated rings. The maximum Gasteiger partial charge on any atom is 0.198 e. The molecule has 3 rings (SSSR count). The molecule has 0 amide bonds. The highest BCUT2D eigenvalue weighted by Gasteiger charge is 2.08. The van der Waals surface area contributed by atoms with Crippen LogP contribution in [0.15, 0.2) is 53.5 Å². The molecule has 0 atom stereocenters. The second kappa shape index (κ2) is 4.61. The molecule has 0 aliphatic carbocycles. The fraction of sp³-hybridized carbons (Fsp3) is 0.0625. The lowest BCUT2D eigenvalue weighted by Gasteiger charge is -1.95. The van der Waals surface area contributed by atoms with Crippen molar-refractivity contribution < 1.29 is 5.11 Å². The molecule has 0 radical (unpaired) electrons. The number of aromatic amines is 1. The highest BCUT2D eigenvalue weighted by molar-refractivity contribution is 6.02. The van der Waals surface area contributed by atoms with Crippen molar-refractivity contribution in [2.24, 2.45) is 4.99 Å². The van der Waals surface area contributed by atoms with Crippen LogP contribution >= 0.6 is 0 Å². The number of nitrogens with one attached hydrogen (secondary N) is 1. The maximum absolute atomic E-state index is 9.96. The Morgan fingerprint density at radius 2 is 1.89 bits per heavy atom. The molecule has 94 valence electrons. The van der Waals surface area contributed by atoms with Gasteiger partial charge in [-0.3, -0.25) is 4.99 Å². The lowest BCUT2D eigenvalue weighted by molar-refractivity contribution is 0.457. The molecule has 3 aromatic rings. The minimum absolute atomic E-state index is 0.153. The normalized spacial score (nSPS) is 11.4. The number of para-hydroxylation sites is 1. The number of benzene rings is 2. The maximum atomic E-state index is 9.96. The molecule has 0 spiro atoms. The van der Waals surface area contributed by atoms with Gasteiger partial charge in [-0.05, 0) is 31.2 Å². The average molecular weight is 250 g/mol. The number of fused-ring (bicyclic) bond motifs is 1. The van der Waals surface area contributed by atoms with E-state index in [0.29, 0.717) is 0 Å². The SMILES string of the molecule is Cc1ccc2[nH]c(O)c(C=Nc3ccccc3)c2c1. The molecule has 1 aromatic heterocycles. The first-order chi connectivity index (χ1) is 9.24. The van der Waals surface area contributed by atoms with Gasteiger partial charge >= 0.3 is 0 Å². The molecule has 1 heterocycles. The molecule has 0 saturated carbocycles. The summed E-state index contributed by atoms with van der Waals surface area (Å²) in [4.78, 5) is 7.34. The van der Waals surface area contributed by atoms with E-state index < -0.39 is 0 Å². The summed E-state index contributed by atoms with van der Waals surface area (Å²) in [5.41, 5.74) is 3.66. The highest BCUT2D eigenvalue weighted by Crippen LogP contribution is 2.27. The highest BCUT2D eigenvalue weighted by atomic mass is 16.3. The number of aromatic hydroxyl groups is 1. The second-order valence-corrected chi connectivity index (χ2v) is 4.53. The van der Waals surface area contributed by atoms with Crippen molar-refractivity contribution in [1.82, 2.24) is 4.98 Å². The quantitative estimate of drug-likeness (QED) is 0.665. The first-order valence-corrected chi connectivity index (χ1v) is 6.14. The monoisotopic (exact) mass is 250 g/mol. The summed E-state index contributed by atoms with van der Waals surface area (Å²) in [6, 6.07) is 15.7. The number of H-pyrrole nitrogens is 1. The van der Waals surface area contributed by atoms with Gasteiger partial charge in [0, 0.05) is 17.1 Å². The predicted octanol–water partition coefficient (Wildman–Crippen LogP) is 3.93. The van der Waals surface area contributed by atoms with Crippen molar-refractivity contribution in [2.45, 2.75) is 6.92 Å². The summed E-state index contributed by atoms with van der Waals surface area (Å²) in [5, 5.41) is 10.9. The molecule has 19 heavy (non-hydrogen) atoms. The number of aromatic nitrogens is 1. The molecular weight excluding hydrogens is 236 g/mol. The first-order valence-electron chi connectivity index (χ1n) is 6.14. The average Bonchev–Trinajstić information content (AvgIpc) is 2.73. The van der Waals surface area contributed by atoms with Gasteiger partial charge in [0.1, 0.15) is 0 Å². The second-order valence-electron chi connectivity index (χ2n) is 4.53. The van der Waals surface area contributed by atoms with Crippen molar-refractivity contribution >= 4 is 22.8 Å². The molecule has 2 aromatic carbocycles. The van der Waals surface area contributed by atoms with E-state index in [1.807, 2.05) is 55.5 Å². The summed E-state index contributed by atoms with van der Waals surface area (Å²) >= 11 is 0. The van der Waals surface area contributed by atoms with Crippen molar-refractivity contribution in [3.8, 4) is 5.88 Å². The Kier molecular flexibility index (Phi) is 2.80. The predicted molar refractivity (Wildman–Crippen MR) is 78.4 cm³/mol. The number of rotatable bonds is 2. The Balaban J connectivity index is 2.07. The molecule has 0 aliphatic rings. The molecule has 0 saturated heterocycles. The Hall–Kier alpha value is -2.55. The smallest absolute Gasteiger partial charge is 0.198 e. The van der Waals surface area contributed by atoms with Gasteiger partial charge in [-0.2, -0.15) is 0 Å². The zero-order chi connectivity index (χ0) is 13.2. The minimum atomic E-state index is 0.153. The number of hydrogen-bond acceptors (Lipinski definition) is 2. The molecule has 0 aliphatic heterocycles. The Labute approximate surface area is 111 Å². The third-order valence-electron chi connectivity index (χ3n) is 3.07. The first kappa shape index (κ1) is 11.5. The van der Waals surface area contributed by atoms with E-state index >= 15 is 0 Å². The van der Waals surface area contributed by atoms with Crippen LogP contribution in [0.3, 0.4) is 0 Å². The largest absolute Gasteiger partial charge is 0.494 e. The molecule has 2 N–H and O–H groups in total. The van der Waals surface area contributed by atoms with Gasteiger partial charge < -0.3 is 10.1 Å². The fourth-order valence-corrected chi connectivity index (χ4v) is 2.10. The standard InChI is InChI=1S/C16H14N2O/c1-11-7-8-15-13(9-11)14(16(19)18-15)10-17-12-5-3-2-4-6-12/h2-10,18-19H,1H3. The number of nitrogens with zero attached hydrogens (tertiary/aromatic N) is 1. The third kappa shape index (κ3) is 2.22. The molecule has 3 heteroatoms. The van der Waals surface area contributed by atoms with Gasteiger partial charge in [-0.15, -0.1) is 0 Å². The van der Waals surface area contributed by atoms with Crippen LogP contribution in [0.4, 0.5) is 5.69 Å². The molecule has 3 nitrogen and oxygen atoms in total. The molecule has 0 unspecified atom stereocenters. The van der Waals surface area contributed by atoms with Gasteiger partial charge in [0.25, 0.3) is 0 Å². The summed E-state index contributed by atoms with van der Waals surface area (Å²) in [6.07, 6.45) is 1.70. The van der Waals surface area contributed by atoms with E-state index in [4.69, 9.17) is 0 Å². The van der Waals surface area contributed by atoms with Crippen molar-refractivity contribution in [3.63, 3.8) is 0 Å². The van der Waals surface area contributed by atoms with Crippen LogP contribution in [0, 0.1) is 6.92 Å². The van der Waals surface area contributed by atoms with Crippen LogP contribution in [-0.4, -0.2) is 16.3 Å².